The first-order valence-electron chi connectivity index (χ1n) is 10.2. The number of carbonyl (C=O) groups is 1. The number of nitrogens with zero attached hydrogens (tertiary/aromatic N) is 3. The number of hydrogen-bond donors (Lipinski definition) is 2. The lowest BCUT2D eigenvalue weighted by atomic mass is 10.2. The Kier molecular flexibility index (Phi) is 6.65. The average Bonchev–Trinajstić information content (AvgIpc) is 3.32. The molecule has 1 amide bonds. The van der Waals surface area contributed by atoms with Gasteiger partial charge in [0.1, 0.15) is 17.2 Å². The van der Waals surface area contributed by atoms with E-state index in [0.29, 0.717) is 11.4 Å². The molecule has 2 N–H and O–H groups in total. The predicted octanol–water partition coefficient (Wildman–Crippen LogP) is 4.10. The minimum Gasteiger partial charge on any atom is -0.504 e. The lowest BCUT2D eigenvalue weighted by Gasteiger charge is -2.06. The van der Waals surface area contributed by atoms with Gasteiger partial charge < -0.3 is 19.9 Å². The van der Waals surface area contributed by atoms with Crippen molar-refractivity contribution >= 4 is 12.0 Å². The molecule has 0 aliphatic rings. The maximum Gasteiger partial charge on any atom is 0.244 e. The van der Waals surface area contributed by atoms with Crippen LogP contribution < -0.4 is 14.8 Å². The number of hydrogen-bond acceptors (Lipinski definition) is 6. The third kappa shape index (κ3) is 5.76. The van der Waals surface area contributed by atoms with Crippen LogP contribution in [0, 0.1) is 0 Å². The van der Waals surface area contributed by atoms with Crippen LogP contribution in [0.3, 0.4) is 0 Å². The molecule has 0 spiro atoms. The molecule has 0 fully saturated rings. The van der Waals surface area contributed by atoms with Gasteiger partial charge in [-0.05, 0) is 60.2 Å². The number of para-hydroxylation sites is 1. The Balaban J connectivity index is 1.31. The molecule has 1 aromatic heterocycles. The zero-order chi connectivity index (χ0) is 23.0. The molecule has 0 atom stereocenters. The molecule has 4 aromatic rings. The Labute approximate surface area is 190 Å². The van der Waals surface area contributed by atoms with Crippen molar-refractivity contribution in [1.82, 2.24) is 20.3 Å². The second kappa shape index (κ2) is 10.1. The van der Waals surface area contributed by atoms with Crippen LogP contribution in [0.1, 0.15) is 11.3 Å². The molecule has 0 aliphatic heterocycles. The third-order valence-corrected chi connectivity index (χ3v) is 4.70. The topological polar surface area (TPSA) is 98.5 Å². The molecule has 3 aromatic carbocycles. The number of phenolic OH excluding ortho intramolecular Hbond substituents is 1. The third-order valence-electron chi connectivity index (χ3n) is 4.70. The maximum atomic E-state index is 12.1. The molecular formula is C25H22N4O4. The van der Waals surface area contributed by atoms with Gasteiger partial charge in [-0.25, -0.2) is 4.68 Å². The lowest BCUT2D eigenvalue weighted by Crippen LogP contribution is -2.20. The lowest BCUT2D eigenvalue weighted by molar-refractivity contribution is -0.116. The quantitative estimate of drug-likeness (QED) is 0.399. The van der Waals surface area contributed by atoms with Crippen molar-refractivity contribution in [2.75, 3.05) is 7.11 Å². The van der Waals surface area contributed by atoms with E-state index in [1.807, 2.05) is 54.6 Å². The minimum absolute atomic E-state index is 0.0422. The van der Waals surface area contributed by atoms with E-state index in [0.717, 1.165) is 22.7 Å². The number of ether oxygens (including phenoxy) is 2. The fourth-order valence-electron chi connectivity index (χ4n) is 3.00. The monoisotopic (exact) mass is 442 g/mol. The van der Waals surface area contributed by atoms with Crippen LogP contribution in [0.2, 0.25) is 0 Å². The molecule has 0 radical (unpaired) electrons. The fourth-order valence-corrected chi connectivity index (χ4v) is 3.00. The summed E-state index contributed by atoms with van der Waals surface area (Å²) in [6.45, 7) is 0.233. The summed E-state index contributed by atoms with van der Waals surface area (Å²) in [5, 5.41) is 20.6. The van der Waals surface area contributed by atoms with Gasteiger partial charge in [-0.1, -0.05) is 29.5 Å². The molecule has 0 bridgehead atoms. The van der Waals surface area contributed by atoms with Crippen LogP contribution in [0.25, 0.3) is 11.8 Å². The Hall–Kier alpha value is -4.59. The standard InChI is InChI=1S/C25H22N4O4/c1-32-24-15-18(7-13-23(24)30)8-14-25(31)26-16-19-17-29(28-27-19)20-9-11-22(12-10-20)33-21-5-3-2-4-6-21/h2-15,17,30H,16H2,1H3,(H,26,31)/b14-8+. The number of carbonyl (C=O) groups excluding carboxylic acids is 1. The van der Waals surface area contributed by atoms with E-state index in [9.17, 15) is 9.90 Å². The maximum absolute atomic E-state index is 12.1. The van der Waals surface area contributed by atoms with Crippen molar-refractivity contribution < 1.29 is 19.4 Å². The van der Waals surface area contributed by atoms with E-state index in [2.05, 4.69) is 15.6 Å². The zero-order valence-corrected chi connectivity index (χ0v) is 17.9. The number of benzene rings is 3. The number of methoxy groups -OCH3 is 1. The molecule has 0 saturated heterocycles. The molecule has 0 saturated carbocycles. The summed E-state index contributed by atoms with van der Waals surface area (Å²) in [6.07, 6.45) is 4.79. The van der Waals surface area contributed by atoms with Gasteiger partial charge >= 0.3 is 0 Å². The summed E-state index contributed by atoms with van der Waals surface area (Å²) >= 11 is 0. The normalized spacial score (nSPS) is 10.8. The minimum atomic E-state index is -0.279. The number of nitrogens with one attached hydrogen (secondary N) is 1. The second-order valence-electron chi connectivity index (χ2n) is 7.05. The van der Waals surface area contributed by atoms with E-state index in [-0.39, 0.29) is 18.2 Å². The first-order valence-corrected chi connectivity index (χ1v) is 10.2. The number of aromatic nitrogens is 3. The highest BCUT2D eigenvalue weighted by Crippen LogP contribution is 2.26. The molecule has 166 valence electrons. The molecule has 4 rings (SSSR count). The van der Waals surface area contributed by atoms with Gasteiger partial charge in [-0.15, -0.1) is 5.10 Å². The van der Waals surface area contributed by atoms with Crippen molar-refractivity contribution in [2.45, 2.75) is 6.54 Å². The first-order chi connectivity index (χ1) is 16.1. The number of rotatable bonds is 8. The Bertz CT molecular complexity index is 1250. The van der Waals surface area contributed by atoms with Gasteiger partial charge in [0.2, 0.25) is 5.91 Å². The summed E-state index contributed by atoms with van der Waals surface area (Å²) in [4.78, 5) is 12.1. The van der Waals surface area contributed by atoms with Crippen molar-refractivity contribution in [3.63, 3.8) is 0 Å². The first kappa shape index (κ1) is 21.6. The molecular weight excluding hydrogens is 420 g/mol. The SMILES string of the molecule is COc1cc(/C=C/C(=O)NCc2cn(-c3ccc(Oc4ccccc4)cc3)nn2)ccc1O. The highest BCUT2D eigenvalue weighted by molar-refractivity contribution is 5.91. The molecule has 1 heterocycles. The van der Waals surface area contributed by atoms with Crippen LogP contribution in [-0.2, 0) is 11.3 Å². The van der Waals surface area contributed by atoms with Crippen molar-refractivity contribution in [3.05, 3.63) is 96.3 Å². The van der Waals surface area contributed by atoms with Crippen LogP contribution in [0.15, 0.2) is 85.1 Å². The van der Waals surface area contributed by atoms with Crippen LogP contribution in [-0.4, -0.2) is 33.1 Å². The zero-order valence-electron chi connectivity index (χ0n) is 17.9. The van der Waals surface area contributed by atoms with Crippen LogP contribution >= 0.6 is 0 Å². The van der Waals surface area contributed by atoms with Gasteiger partial charge in [0, 0.05) is 6.08 Å². The van der Waals surface area contributed by atoms with Crippen LogP contribution in [0.5, 0.6) is 23.0 Å². The molecule has 8 heteroatoms. The highest BCUT2D eigenvalue weighted by atomic mass is 16.5. The van der Waals surface area contributed by atoms with E-state index in [4.69, 9.17) is 9.47 Å². The summed E-state index contributed by atoms with van der Waals surface area (Å²) < 4.78 is 12.5. The smallest absolute Gasteiger partial charge is 0.244 e. The predicted molar refractivity (Wildman–Crippen MR) is 123 cm³/mol. The van der Waals surface area contributed by atoms with Gasteiger partial charge in [-0.2, -0.15) is 0 Å². The van der Waals surface area contributed by atoms with E-state index in [1.54, 1.807) is 29.1 Å². The summed E-state index contributed by atoms with van der Waals surface area (Å²) in [5.74, 6) is 1.59. The van der Waals surface area contributed by atoms with E-state index in [1.165, 1.54) is 19.3 Å². The average molecular weight is 442 g/mol. The molecule has 0 aliphatic carbocycles. The van der Waals surface area contributed by atoms with Gasteiger partial charge in [0.05, 0.1) is 25.5 Å². The van der Waals surface area contributed by atoms with Gasteiger partial charge in [0.15, 0.2) is 11.5 Å². The number of aromatic hydroxyl groups is 1. The Morgan fingerprint density at radius 1 is 1.06 bits per heavy atom. The Morgan fingerprint density at radius 2 is 1.82 bits per heavy atom. The number of amides is 1. The second-order valence-corrected chi connectivity index (χ2v) is 7.05. The summed E-state index contributed by atoms with van der Waals surface area (Å²) in [5.41, 5.74) is 2.17. The van der Waals surface area contributed by atoms with Crippen molar-refractivity contribution in [1.29, 1.82) is 0 Å². The van der Waals surface area contributed by atoms with Crippen molar-refractivity contribution in [3.8, 4) is 28.7 Å². The fraction of sp³-hybridized carbons (Fsp3) is 0.0800. The molecule has 33 heavy (non-hydrogen) atoms. The van der Waals surface area contributed by atoms with Crippen molar-refractivity contribution in [2.24, 2.45) is 0 Å². The van der Waals surface area contributed by atoms with Gasteiger partial charge in [-0.3, -0.25) is 4.79 Å². The van der Waals surface area contributed by atoms with E-state index < -0.39 is 0 Å². The molecule has 8 nitrogen and oxygen atoms in total. The van der Waals surface area contributed by atoms with Gasteiger partial charge in [0.25, 0.3) is 0 Å². The van der Waals surface area contributed by atoms with Crippen LogP contribution in [0.4, 0.5) is 0 Å². The molecule has 0 unspecified atom stereocenters. The largest absolute Gasteiger partial charge is 0.504 e. The summed E-state index contributed by atoms with van der Waals surface area (Å²) in [7, 11) is 1.47. The Morgan fingerprint density at radius 3 is 2.58 bits per heavy atom. The number of phenols is 1. The van der Waals surface area contributed by atoms with E-state index >= 15 is 0 Å². The summed E-state index contributed by atoms with van der Waals surface area (Å²) in [6, 6.07) is 21.9. The highest BCUT2D eigenvalue weighted by Gasteiger charge is 2.06.